The zero-order valence-electron chi connectivity index (χ0n) is 53.1. The average Bonchev–Trinajstić information content (AvgIpc) is 1.36. The second-order valence-corrected chi connectivity index (χ2v) is 22.3. The smallest absolute Gasteiger partial charge is 0.135 e. The van der Waals surface area contributed by atoms with E-state index < -0.39 is 31.4 Å². The summed E-state index contributed by atoms with van der Waals surface area (Å²) >= 11 is 0. The van der Waals surface area contributed by atoms with Gasteiger partial charge in [-0.1, -0.05) is 213 Å². The van der Waals surface area contributed by atoms with E-state index in [4.69, 9.17) is 22.1 Å². The van der Waals surface area contributed by atoms with Crippen LogP contribution in [0.1, 0.15) is 91.1 Å². The molecule has 13 rings (SSSR count). The zero-order valence-corrected chi connectivity index (χ0v) is 46.4. The molecule has 9 aromatic carbocycles. The van der Waals surface area contributed by atoms with Crippen molar-refractivity contribution in [1.82, 2.24) is 14.1 Å². The number of aromatic nitrogens is 3. The molecular formula is C72H61N4OPt-3. The first-order chi connectivity index (χ1) is 40.8. The molecule has 1 aliphatic rings. The Labute approximate surface area is 485 Å². The molecule has 1 aliphatic heterocycles. The third kappa shape index (κ3) is 8.70. The van der Waals surface area contributed by atoms with Crippen molar-refractivity contribution in [1.29, 1.82) is 0 Å². The van der Waals surface area contributed by atoms with Crippen molar-refractivity contribution >= 4 is 76.5 Å². The van der Waals surface area contributed by atoms with Gasteiger partial charge in [-0.3, -0.25) is 0 Å². The maximum atomic E-state index is 8.82. The fourth-order valence-electron chi connectivity index (χ4n) is 11.3. The summed E-state index contributed by atoms with van der Waals surface area (Å²) in [5.74, 6) is 1.69. The molecule has 0 radical (unpaired) electrons. The Balaban J connectivity index is 0.00000739. The van der Waals surface area contributed by atoms with Gasteiger partial charge in [0.2, 0.25) is 0 Å². The molecule has 0 saturated heterocycles. The molecule has 0 fully saturated rings. The van der Waals surface area contributed by atoms with E-state index in [9.17, 15) is 0 Å². The molecule has 388 valence electrons. The van der Waals surface area contributed by atoms with Crippen molar-refractivity contribution in [3.63, 3.8) is 0 Å². The van der Waals surface area contributed by atoms with Crippen LogP contribution >= 0.6 is 0 Å². The molecule has 3 aromatic heterocycles. The number of para-hydroxylation sites is 2. The van der Waals surface area contributed by atoms with Gasteiger partial charge in [-0.2, -0.15) is 12.1 Å². The van der Waals surface area contributed by atoms with Crippen LogP contribution in [0.15, 0.2) is 200 Å². The Morgan fingerprint density at radius 3 is 1.77 bits per heavy atom. The Morgan fingerprint density at radius 2 is 1.08 bits per heavy atom. The predicted molar refractivity (Wildman–Crippen MR) is 324 cm³/mol. The van der Waals surface area contributed by atoms with Crippen LogP contribution in [-0.4, -0.2) is 14.1 Å². The van der Waals surface area contributed by atoms with Gasteiger partial charge < -0.3 is 18.8 Å². The quantitative estimate of drug-likeness (QED) is 0.156. The van der Waals surface area contributed by atoms with E-state index in [2.05, 4.69) is 150 Å². The first kappa shape index (κ1) is 41.0. The Hall–Kier alpha value is -8.11. The number of fused-ring (bicyclic) bond motifs is 10. The topological polar surface area (TPSA) is 35.2 Å². The summed E-state index contributed by atoms with van der Waals surface area (Å²) in [6.45, 7) is 3.99. The predicted octanol–water partition coefficient (Wildman–Crippen LogP) is 19.5. The molecule has 6 heteroatoms. The molecule has 12 aromatic rings. The van der Waals surface area contributed by atoms with Gasteiger partial charge in [0.1, 0.15) is 5.82 Å². The van der Waals surface area contributed by atoms with Crippen molar-refractivity contribution < 1.29 is 38.1 Å². The molecule has 4 heterocycles. The number of benzene rings is 9. The molecule has 78 heavy (non-hydrogen) atoms. The van der Waals surface area contributed by atoms with Crippen LogP contribution in [0.3, 0.4) is 0 Å². The third-order valence-electron chi connectivity index (χ3n) is 15.1. The van der Waals surface area contributed by atoms with Crippen molar-refractivity contribution in [2.75, 3.05) is 4.90 Å². The van der Waals surface area contributed by atoms with E-state index in [1.54, 1.807) is 0 Å². The number of anilines is 2. The van der Waals surface area contributed by atoms with Crippen molar-refractivity contribution in [3.05, 3.63) is 236 Å². The molecule has 0 N–H and O–H groups in total. The molecule has 0 spiro atoms. The van der Waals surface area contributed by atoms with Gasteiger partial charge in [0.15, 0.2) is 0 Å². The normalized spacial score (nSPS) is 14.8. The van der Waals surface area contributed by atoms with Gasteiger partial charge in [0, 0.05) is 62.3 Å². The Kier molecular flexibility index (Phi) is 10.1. The third-order valence-corrected chi connectivity index (χ3v) is 15.1. The Bertz CT molecular complexity index is 4740. The summed E-state index contributed by atoms with van der Waals surface area (Å²) < 4.78 is 90.6. The van der Waals surface area contributed by atoms with Crippen LogP contribution in [0.4, 0.5) is 11.4 Å². The number of nitrogens with zero attached hydrogens (tertiary/aromatic N) is 4. The average molecular weight is 1200 g/mol. The van der Waals surface area contributed by atoms with Crippen LogP contribution in [-0.2, 0) is 37.3 Å². The minimum atomic E-state index is -3.48. The largest absolute Gasteiger partial charge is 0.509 e. The first-order valence-corrected chi connectivity index (χ1v) is 26.1. The van der Waals surface area contributed by atoms with Crippen LogP contribution < -0.4 is 9.64 Å². The summed E-state index contributed by atoms with van der Waals surface area (Å²) in [6, 6.07) is 71.7. The minimum Gasteiger partial charge on any atom is -0.509 e. The summed E-state index contributed by atoms with van der Waals surface area (Å²) in [6.07, 6.45) is 1.87. The van der Waals surface area contributed by atoms with Gasteiger partial charge in [0.05, 0.1) is 0 Å². The molecule has 0 saturated carbocycles. The Morgan fingerprint density at radius 1 is 0.487 bits per heavy atom. The first-order valence-electron chi connectivity index (χ1n) is 30.6. The summed E-state index contributed by atoms with van der Waals surface area (Å²) in [5.41, 5.74) is 5.42. The van der Waals surface area contributed by atoms with Gasteiger partial charge >= 0.3 is 0 Å². The van der Waals surface area contributed by atoms with E-state index in [0.29, 0.717) is 39.4 Å². The van der Waals surface area contributed by atoms with Gasteiger partial charge in [0.25, 0.3) is 0 Å². The van der Waals surface area contributed by atoms with Crippen LogP contribution in [0.5, 0.6) is 11.5 Å². The molecule has 0 atom stereocenters. The van der Waals surface area contributed by atoms with Crippen molar-refractivity contribution in [2.45, 2.75) is 78.3 Å². The fraction of sp³-hybridized carbons (Fsp3) is 0.167. The summed E-state index contributed by atoms with van der Waals surface area (Å²) in [7, 11) is 0. The number of pyridine rings is 1. The minimum absolute atomic E-state index is 0. The molecule has 0 unspecified atom stereocenters. The maximum Gasteiger partial charge on any atom is 0.135 e. The van der Waals surface area contributed by atoms with E-state index in [1.807, 2.05) is 112 Å². The summed E-state index contributed by atoms with van der Waals surface area (Å²) in [5, 5.41) is 7.71. The number of hydrogen-bond acceptors (Lipinski definition) is 3. The maximum absolute atomic E-state index is 8.82. The molecule has 0 amide bonds. The van der Waals surface area contributed by atoms with E-state index in [-0.39, 0.29) is 32.0 Å². The van der Waals surface area contributed by atoms with Gasteiger partial charge in [-0.25, -0.2) is 4.98 Å². The monoisotopic (exact) mass is 1200 g/mol. The van der Waals surface area contributed by atoms with Crippen LogP contribution in [0.25, 0.3) is 93.2 Å². The number of hydrogen-bond donors (Lipinski definition) is 0. The van der Waals surface area contributed by atoms with E-state index in [1.165, 1.54) is 12.1 Å². The van der Waals surface area contributed by atoms with Crippen molar-refractivity contribution in [3.8, 4) is 39.6 Å². The second kappa shape index (κ2) is 19.1. The van der Waals surface area contributed by atoms with Crippen LogP contribution in [0.2, 0.25) is 0 Å². The van der Waals surface area contributed by atoms with Crippen LogP contribution in [0, 0.1) is 18.8 Å². The zero-order chi connectivity index (χ0) is 60.5. The standard InChI is InChI=1S/C72H61N4O.Pt/c1-70(2,3)48-37-38-73-66(42-48)76-63-33-19-29-54(46-21-11-10-12-22-46)67(63)62-36-35-53(44-65(62)76)77-52-24-17-23-51(43-52)74-45-75-68-55(47-39-49(71(4,5)6)41-50(40-47)72(7,8)9)30-18-31-60(68)58-27-15-13-25-56(58)57-26-14-16-28-59(57)61-32-20-34-64(74)69(61)75;/h10-42,45H,1-9H3;/q-3;/i4D3,5D3,6D3;. The molecular weight excluding hydrogens is 1130 g/mol. The number of rotatable bonds is 6. The molecule has 0 bridgehead atoms. The molecule has 0 aliphatic carbocycles. The van der Waals surface area contributed by atoms with E-state index >= 15 is 0 Å². The van der Waals surface area contributed by atoms with Gasteiger partial charge in [-0.05, 0) is 135 Å². The second-order valence-electron chi connectivity index (χ2n) is 22.3. The molecule has 5 nitrogen and oxygen atoms in total. The van der Waals surface area contributed by atoms with E-state index in [0.717, 1.165) is 87.8 Å². The number of ether oxygens (including phenoxy) is 1. The van der Waals surface area contributed by atoms with Gasteiger partial charge in [-0.15, -0.1) is 35.7 Å². The SMILES string of the molecule is [2H]C([2H])([2H])C(c1cc(-c2cccc3c4ccccc4c4ccccc4c4cccc5c4n(c23)[CH-]N5c2[c-]c(Oc3[c-]c4c(cc3)c3c(-c5ccccc5)cccc3n4-c3cc(C(C)(C)C)ccn3)ccc2)cc(C(C)(C)C)c1)(C([2H])([2H])[2H])C([2H])([2H])[2H].[Pt]. The fourth-order valence-corrected chi connectivity index (χ4v) is 11.3. The van der Waals surface area contributed by atoms with Crippen molar-refractivity contribution in [2.24, 2.45) is 0 Å². The summed E-state index contributed by atoms with van der Waals surface area (Å²) in [4.78, 5) is 7.04.